The Labute approximate surface area is 79.9 Å². The summed E-state index contributed by atoms with van der Waals surface area (Å²) in [6.07, 6.45) is 1.54. The number of hydrogen-bond acceptors (Lipinski definition) is 6. The van der Waals surface area contributed by atoms with Crippen molar-refractivity contribution in [2.45, 2.75) is 0 Å². The number of nitrogens with zero attached hydrogens (tertiary/aromatic N) is 4. The van der Waals surface area contributed by atoms with E-state index in [-0.39, 0.29) is 0 Å². The smallest absolute Gasteiger partial charge is 0.317 e. The van der Waals surface area contributed by atoms with Crippen molar-refractivity contribution in [2.75, 3.05) is 24.7 Å². The predicted octanol–water partition coefficient (Wildman–Crippen LogP) is 0.108. The lowest BCUT2D eigenvalue weighted by atomic mass is 10.3. The van der Waals surface area contributed by atoms with Crippen molar-refractivity contribution in [1.82, 2.24) is 20.4 Å². The quantitative estimate of drug-likeness (QED) is 0.704. The molecule has 0 saturated heterocycles. The number of aromatic nitrogens is 4. The summed E-state index contributed by atoms with van der Waals surface area (Å²) in [4.78, 5) is 1.72. The second-order valence-corrected chi connectivity index (χ2v) is 2.98. The van der Waals surface area contributed by atoms with Crippen LogP contribution in [0.2, 0.25) is 0 Å². The Balaban J connectivity index is 2.39. The summed E-state index contributed by atoms with van der Waals surface area (Å²) < 4.78 is 5.33. The van der Waals surface area contributed by atoms with E-state index in [4.69, 9.17) is 10.2 Å². The van der Waals surface area contributed by atoms with Gasteiger partial charge < -0.3 is 15.1 Å². The first kappa shape index (κ1) is 8.54. The molecule has 0 saturated carbocycles. The number of nitrogens with one attached hydrogen (secondary N) is 1. The Morgan fingerprint density at radius 3 is 2.71 bits per heavy atom. The van der Waals surface area contributed by atoms with Crippen LogP contribution in [0.15, 0.2) is 10.6 Å². The first-order valence-corrected chi connectivity index (χ1v) is 3.98. The van der Waals surface area contributed by atoms with Gasteiger partial charge in [-0.3, -0.25) is 5.10 Å². The molecule has 0 aliphatic carbocycles. The van der Waals surface area contributed by atoms with Crippen LogP contribution < -0.4 is 10.6 Å². The van der Waals surface area contributed by atoms with Crippen molar-refractivity contribution in [3.63, 3.8) is 0 Å². The maximum Gasteiger partial charge on any atom is 0.317 e. The fourth-order valence-corrected chi connectivity index (χ4v) is 0.972. The first-order valence-electron chi connectivity index (χ1n) is 3.98. The highest BCUT2D eigenvalue weighted by Crippen LogP contribution is 2.23. The Hall–Kier alpha value is -2.05. The van der Waals surface area contributed by atoms with E-state index in [1.54, 1.807) is 11.1 Å². The summed E-state index contributed by atoms with van der Waals surface area (Å²) >= 11 is 0. The Morgan fingerprint density at radius 2 is 2.21 bits per heavy atom. The minimum absolute atomic E-state index is 0.361. The standard InChI is InChI=1S/C7H10N6O/c1-13(2)7-12-11-6(14-7)4-3-9-10-5(4)8/h3H,1-2H3,(H3,8,9,10). The molecule has 0 unspecified atom stereocenters. The average Bonchev–Trinajstić information content (AvgIpc) is 2.71. The minimum Gasteiger partial charge on any atom is -0.403 e. The molecule has 0 amide bonds. The van der Waals surface area contributed by atoms with Gasteiger partial charge in [-0.1, -0.05) is 5.10 Å². The number of aromatic amines is 1. The zero-order valence-corrected chi connectivity index (χ0v) is 7.85. The van der Waals surface area contributed by atoms with Gasteiger partial charge >= 0.3 is 6.01 Å². The highest BCUT2D eigenvalue weighted by atomic mass is 16.4. The summed E-state index contributed by atoms with van der Waals surface area (Å²) in [6, 6.07) is 0.431. The van der Waals surface area contributed by atoms with Crippen molar-refractivity contribution >= 4 is 11.8 Å². The van der Waals surface area contributed by atoms with Crippen molar-refractivity contribution in [3.8, 4) is 11.5 Å². The van der Waals surface area contributed by atoms with Gasteiger partial charge in [-0.15, -0.1) is 5.10 Å². The van der Waals surface area contributed by atoms with Crippen molar-refractivity contribution in [3.05, 3.63) is 6.20 Å². The average molecular weight is 194 g/mol. The van der Waals surface area contributed by atoms with Crippen LogP contribution in [0.1, 0.15) is 0 Å². The van der Waals surface area contributed by atoms with E-state index < -0.39 is 0 Å². The highest BCUT2D eigenvalue weighted by molar-refractivity contribution is 5.65. The van der Waals surface area contributed by atoms with E-state index in [1.807, 2.05) is 14.1 Å². The SMILES string of the molecule is CN(C)c1nnc(-c2cn[nH]c2N)o1. The van der Waals surface area contributed by atoms with Crippen LogP contribution in [0.5, 0.6) is 0 Å². The van der Waals surface area contributed by atoms with Gasteiger partial charge in [0.2, 0.25) is 0 Å². The molecule has 0 bridgehead atoms. The molecule has 3 N–H and O–H groups in total. The number of rotatable bonds is 2. The van der Waals surface area contributed by atoms with E-state index in [0.717, 1.165) is 0 Å². The monoisotopic (exact) mass is 194 g/mol. The van der Waals surface area contributed by atoms with Gasteiger partial charge in [0, 0.05) is 14.1 Å². The highest BCUT2D eigenvalue weighted by Gasteiger charge is 2.13. The van der Waals surface area contributed by atoms with E-state index in [1.165, 1.54) is 0 Å². The van der Waals surface area contributed by atoms with Crippen LogP contribution >= 0.6 is 0 Å². The van der Waals surface area contributed by atoms with Crippen LogP contribution in [0, 0.1) is 0 Å². The van der Waals surface area contributed by atoms with Crippen LogP contribution in [0.4, 0.5) is 11.8 Å². The summed E-state index contributed by atoms with van der Waals surface area (Å²) in [6.45, 7) is 0. The zero-order valence-electron chi connectivity index (χ0n) is 7.85. The number of H-pyrrole nitrogens is 1. The van der Waals surface area contributed by atoms with Crippen molar-refractivity contribution in [1.29, 1.82) is 0 Å². The molecule has 2 aromatic rings. The number of nitrogen functional groups attached to an aromatic ring is 1. The third-order valence-electron chi connectivity index (χ3n) is 1.70. The van der Waals surface area contributed by atoms with Crippen LogP contribution in [-0.4, -0.2) is 34.5 Å². The van der Waals surface area contributed by atoms with E-state index in [2.05, 4.69) is 20.4 Å². The maximum absolute atomic E-state index is 5.60. The summed E-state index contributed by atoms with van der Waals surface area (Å²) in [5.41, 5.74) is 6.21. The van der Waals surface area contributed by atoms with Crippen molar-refractivity contribution in [2.24, 2.45) is 0 Å². The van der Waals surface area contributed by atoms with E-state index in [0.29, 0.717) is 23.3 Å². The Bertz CT molecular complexity index is 431. The maximum atomic E-state index is 5.60. The lowest BCUT2D eigenvalue weighted by Gasteiger charge is -2.02. The molecule has 0 atom stereocenters. The van der Waals surface area contributed by atoms with Crippen molar-refractivity contribution < 1.29 is 4.42 Å². The van der Waals surface area contributed by atoms with Gasteiger partial charge in [-0.25, -0.2) is 0 Å². The molecule has 14 heavy (non-hydrogen) atoms. The molecule has 74 valence electrons. The normalized spacial score (nSPS) is 10.4. The summed E-state index contributed by atoms with van der Waals surface area (Å²) in [7, 11) is 3.63. The fraction of sp³-hybridized carbons (Fsp3) is 0.286. The predicted molar refractivity (Wildman–Crippen MR) is 50.6 cm³/mol. The van der Waals surface area contributed by atoms with Gasteiger partial charge in [0.1, 0.15) is 11.4 Å². The summed E-state index contributed by atoms with van der Waals surface area (Å²) in [5.74, 6) is 0.777. The van der Waals surface area contributed by atoms with Gasteiger partial charge in [-0.05, 0) is 0 Å². The number of hydrogen-bond donors (Lipinski definition) is 2. The molecule has 0 spiro atoms. The lowest BCUT2D eigenvalue weighted by Crippen LogP contribution is -2.08. The van der Waals surface area contributed by atoms with Gasteiger partial charge in [0.05, 0.1) is 6.20 Å². The Kier molecular flexibility index (Phi) is 1.84. The van der Waals surface area contributed by atoms with Gasteiger partial charge in [0.15, 0.2) is 0 Å². The molecular weight excluding hydrogens is 184 g/mol. The minimum atomic E-state index is 0.361. The van der Waals surface area contributed by atoms with Crippen LogP contribution in [0.25, 0.3) is 11.5 Å². The van der Waals surface area contributed by atoms with Gasteiger partial charge in [0.25, 0.3) is 5.89 Å². The summed E-state index contributed by atoms with van der Waals surface area (Å²) in [5, 5.41) is 14.0. The molecule has 0 aliphatic rings. The zero-order chi connectivity index (χ0) is 10.1. The number of nitrogens with two attached hydrogens (primary N) is 1. The number of anilines is 2. The van der Waals surface area contributed by atoms with E-state index >= 15 is 0 Å². The second-order valence-electron chi connectivity index (χ2n) is 2.98. The first-order chi connectivity index (χ1) is 6.68. The van der Waals surface area contributed by atoms with E-state index in [9.17, 15) is 0 Å². The molecule has 2 rings (SSSR count). The molecule has 0 radical (unpaired) electrons. The second kappa shape index (κ2) is 3.02. The third-order valence-corrected chi connectivity index (χ3v) is 1.70. The topological polar surface area (TPSA) is 96.9 Å². The molecule has 0 fully saturated rings. The Morgan fingerprint density at radius 1 is 1.43 bits per heavy atom. The van der Waals surface area contributed by atoms with Crippen LogP contribution in [-0.2, 0) is 0 Å². The molecule has 7 nitrogen and oxygen atoms in total. The van der Waals surface area contributed by atoms with Crippen LogP contribution in [0.3, 0.4) is 0 Å². The molecule has 2 heterocycles. The molecule has 0 aliphatic heterocycles. The molecule has 7 heteroatoms. The van der Waals surface area contributed by atoms with Gasteiger partial charge in [-0.2, -0.15) is 5.10 Å². The fourth-order valence-electron chi connectivity index (χ4n) is 0.972. The molecule has 2 aromatic heterocycles. The molecular formula is C7H10N6O. The molecule has 0 aromatic carbocycles. The lowest BCUT2D eigenvalue weighted by molar-refractivity contribution is 0.566. The third kappa shape index (κ3) is 1.28. The largest absolute Gasteiger partial charge is 0.403 e.